The molecule has 2 aromatic rings. The summed E-state index contributed by atoms with van der Waals surface area (Å²) in [6.45, 7) is 6.51. The molecule has 4 heterocycles. The molecule has 7 nitrogen and oxygen atoms in total. The number of thiophene rings is 1. The van der Waals surface area contributed by atoms with Crippen molar-refractivity contribution in [2.24, 2.45) is 0 Å². The van der Waals surface area contributed by atoms with Crippen molar-refractivity contribution in [3.05, 3.63) is 57.3 Å². The predicted octanol–water partition coefficient (Wildman–Crippen LogP) is 3.22. The molecule has 2 saturated heterocycles. The molecule has 3 aliphatic rings. The maximum atomic E-state index is 13.1. The minimum atomic E-state index is -0.623. The number of ketones is 1. The molecule has 1 aromatic carbocycles. The van der Waals surface area contributed by atoms with E-state index in [1.807, 2.05) is 36.6 Å². The van der Waals surface area contributed by atoms with Crippen LogP contribution < -0.4 is 4.74 Å². The Morgan fingerprint density at radius 3 is 2.76 bits per heavy atom. The zero-order valence-electron chi connectivity index (χ0n) is 18.7. The van der Waals surface area contributed by atoms with E-state index >= 15 is 0 Å². The monoisotopic (exact) mass is 468 g/mol. The highest BCUT2D eigenvalue weighted by molar-refractivity contribution is 7.10. The summed E-state index contributed by atoms with van der Waals surface area (Å²) < 4.78 is 11.2. The molecule has 1 N–H and O–H groups in total. The Balaban J connectivity index is 1.44. The summed E-state index contributed by atoms with van der Waals surface area (Å²) in [5.41, 5.74) is 1.71. The first-order chi connectivity index (χ1) is 16.0. The molecular formula is C25H28N2O5S. The topological polar surface area (TPSA) is 79.3 Å². The minimum Gasteiger partial charge on any atom is -0.507 e. The van der Waals surface area contributed by atoms with E-state index in [0.717, 1.165) is 61.9 Å². The molecular weight excluding hydrogens is 440 g/mol. The van der Waals surface area contributed by atoms with Crippen LogP contribution in [0.15, 0.2) is 41.3 Å². The standard InChI is InChI=1S/C25H28N2O5S/c1-16-14-18-15-17(5-6-19(18)32-16)23(28)21-22(20-4-2-13-33-20)27(25(30)24(21)29)8-3-7-26-9-11-31-12-10-26/h2,4-6,13,15-16,22,28H,3,7-12,14H2,1H3/t16-,22+/m0/s1. The molecule has 33 heavy (non-hydrogen) atoms. The number of Topliss-reactive ketones (excluding diaryl/α,β-unsaturated/α-hetero) is 1. The first-order valence-corrected chi connectivity index (χ1v) is 12.3. The Labute approximate surface area is 197 Å². The molecule has 0 unspecified atom stereocenters. The van der Waals surface area contributed by atoms with Crippen molar-refractivity contribution in [3.63, 3.8) is 0 Å². The van der Waals surface area contributed by atoms with E-state index < -0.39 is 17.7 Å². The van der Waals surface area contributed by atoms with Gasteiger partial charge in [-0.1, -0.05) is 6.07 Å². The van der Waals surface area contributed by atoms with Crippen LogP contribution in [0.4, 0.5) is 0 Å². The van der Waals surface area contributed by atoms with Gasteiger partial charge in [-0.2, -0.15) is 0 Å². The molecule has 0 saturated carbocycles. The van der Waals surface area contributed by atoms with E-state index in [-0.39, 0.29) is 17.4 Å². The number of amides is 1. The predicted molar refractivity (Wildman–Crippen MR) is 125 cm³/mol. The highest BCUT2D eigenvalue weighted by Crippen LogP contribution is 2.42. The number of carbonyl (C=O) groups is 2. The van der Waals surface area contributed by atoms with Crippen molar-refractivity contribution < 1.29 is 24.2 Å². The van der Waals surface area contributed by atoms with E-state index in [0.29, 0.717) is 12.1 Å². The van der Waals surface area contributed by atoms with Crippen molar-refractivity contribution in [1.82, 2.24) is 9.80 Å². The number of hydrogen-bond acceptors (Lipinski definition) is 7. The van der Waals surface area contributed by atoms with Crippen LogP contribution in [-0.4, -0.2) is 72.1 Å². The Bertz CT molecular complexity index is 1070. The van der Waals surface area contributed by atoms with E-state index in [2.05, 4.69) is 4.90 Å². The Morgan fingerprint density at radius 2 is 2.00 bits per heavy atom. The van der Waals surface area contributed by atoms with Gasteiger partial charge in [-0.25, -0.2) is 0 Å². The van der Waals surface area contributed by atoms with E-state index in [1.54, 1.807) is 11.0 Å². The van der Waals surface area contributed by atoms with Gasteiger partial charge in [0.1, 0.15) is 17.6 Å². The lowest BCUT2D eigenvalue weighted by molar-refractivity contribution is -0.140. The summed E-state index contributed by atoms with van der Waals surface area (Å²) in [5, 5.41) is 13.2. The van der Waals surface area contributed by atoms with Gasteiger partial charge in [-0.05, 0) is 48.6 Å². The highest BCUT2D eigenvalue weighted by Gasteiger charge is 2.46. The van der Waals surface area contributed by atoms with Crippen LogP contribution in [0.5, 0.6) is 5.75 Å². The average Bonchev–Trinajstić information content (AvgIpc) is 3.53. The number of benzene rings is 1. The summed E-state index contributed by atoms with van der Waals surface area (Å²) in [7, 11) is 0. The van der Waals surface area contributed by atoms with Crippen LogP contribution in [0.25, 0.3) is 5.76 Å². The van der Waals surface area contributed by atoms with Crippen molar-refractivity contribution in [1.29, 1.82) is 0 Å². The lowest BCUT2D eigenvalue weighted by Crippen LogP contribution is -2.38. The van der Waals surface area contributed by atoms with Crippen molar-refractivity contribution in [2.75, 3.05) is 39.4 Å². The highest BCUT2D eigenvalue weighted by atomic mass is 32.1. The molecule has 5 rings (SSSR count). The van der Waals surface area contributed by atoms with Gasteiger partial charge in [0.25, 0.3) is 11.7 Å². The van der Waals surface area contributed by atoms with Gasteiger partial charge in [0.05, 0.1) is 24.8 Å². The molecule has 2 atom stereocenters. The summed E-state index contributed by atoms with van der Waals surface area (Å²) in [4.78, 5) is 31.0. The maximum absolute atomic E-state index is 13.1. The quantitative estimate of drug-likeness (QED) is 0.399. The number of aliphatic hydroxyl groups excluding tert-OH is 1. The zero-order chi connectivity index (χ0) is 22.9. The zero-order valence-corrected chi connectivity index (χ0v) is 19.5. The fourth-order valence-corrected chi connectivity index (χ4v) is 5.71. The Hall–Kier alpha value is -2.68. The molecule has 1 aromatic heterocycles. The van der Waals surface area contributed by atoms with Crippen LogP contribution in [0.3, 0.4) is 0 Å². The van der Waals surface area contributed by atoms with Gasteiger partial charge in [-0.3, -0.25) is 14.5 Å². The SMILES string of the molecule is C[C@H]1Cc2cc(C(O)=C3C(=O)C(=O)N(CCCN4CCOCC4)[C@@H]3c3cccs3)ccc2O1. The van der Waals surface area contributed by atoms with Crippen molar-refractivity contribution in [2.45, 2.75) is 31.9 Å². The molecule has 174 valence electrons. The largest absolute Gasteiger partial charge is 0.507 e. The van der Waals surface area contributed by atoms with Crippen LogP contribution in [0.1, 0.15) is 35.4 Å². The van der Waals surface area contributed by atoms with Crippen molar-refractivity contribution in [3.8, 4) is 5.75 Å². The second-order valence-corrected chi connectivity index (χ2v) is 9.75. The number of carbonyl (C=O) groups excluding carboxylic acids is 2. The molecule has 0 bridgehead atoms. The van der Waals surface area contributed by atoms with Crippen LogP contribution in [0, 0.1) is 0 Å². The molecule has 8 heteroatoms. The van der Waals surface area contributed by atoms with Gasteiger partial charge in [0.2, 0.25) is 0 Å². The van der Waals surface area contributed by atoms with Gasteiger partial charge < -0.3 is 19.5 Å². The van der Waals surface area contributed by atoms with Crippen LogP contribution >= 0.6 is 11.3 Å². The average molecular weight is 469 g/mol. The number of morpholine rings is 1. The number of aliphatic hydroxyl groups is 1. The summed E-state index contributed by atoms with van der Waals surface area (Å²) in [6.07, 6.45) is 1.59. The second-order valence-electron chi connectivity index (χ2n) is 8.77. The molecule has 2 fully saturated rings. The Morgan fingerprint density at radius 1 is 1.18 bits per heavy atom. The third kappa shape index (κ3) is 4.30. The van der Waals surface area contributed by atoms with E-state index in [4.69, 9.17) is 9.47 Å². The molecule has 0 radical (unpaired) electrons. The van der Waals surface area contributed by atoms with E-state index in [1.165, 1.54) is 11.3 Å². The molecule has 0 spiro atoms. The number of rotatable bonds is 6. The van der Waals surface area contributed by atoms with Gasteiger partial charge in [-0.15, -0.1) is 11.3 Å². The summed E-state index contributed by atoms with van der Waals surface area (Å²) >= 11 is 1.49. The molecule has 0 aliphatic carbocycles. The van der Waals surface area contributed by atoms with Gasteiger partial charge in [0.15, 0.2) is 0 Å². The minimum absolute atomic E-state index is 0.0839. The third-order valence-electron chi connectivity index (χ3n) is 6.50. The lowest BCUT2D eigenvalue weighted by atomic mass is 9.98. The molecule has 3 aliphatic heterocycles. The van der Waals surface area contributed by atoms with Gasteiger partial charge >= 0.3 is 0 Å². The fourth-order valence-electron chi connectivity index (χ4n) is 4.87. The normalized spacial score (nSPS) is 24.8. The number of likely N-dealkylation sites (tertiary alicyclic amines) is 1. The summed E-state index contributed by atoms with van der Waals surface area (Å²) in [5.74, 6) is -0.486. The number of fused-ring (bicyclic) bond motifs is 1. The first-order valence-electron chi connectivity index (χ1n) is 11.4. The smallest absolute Gasteiger partial charge is 0.295 e. The first kappa shape index (κ1) is 22.1. The number of hydrogen-bond donors (Lipinski definition) is 1. The Kier molecular flexibility index (Phi) is 6.23. The fraction of sp³-hybridized carbons (Fsp3) is 0.440. The second kappa shape index (κ2) is 9.29. The number of ether oxygens (including phenoxy) is 2. The molecule has 1 amide bonds. The summed E-state index contributed by atoms with van der Waals surface area (Å²) in [6, 6.07) is 8.70. The lowest BCUT2D eigenvalue weighted by Gasteiger charge is -2.28. The van der Waals surface area contributed by atoms with Crippen LogP contribution in [0.2, 0.25) is 0 Å². The van der Waals surface area contributed by atoms with E-state index in [9.17, 15) is 14.7 Å². The van der Waals surface area contributed by atoms with Gasteiger partial charge in [0, 0.05) is 43.0 Å². The third-order valence-corrected chi connectivity index (χ3v) is 7.42. The maximum Gasteiger partial charge on any atom is 0.295 e. The number of nitrogens with zero attached hydrogens (tertiary/aromatic N) is 2. The van der Waals surface area contributed by atoms with Crippen molar-refractivity contribution >= 4 is 28.8 Å². The van der Waals surface area contributed by atoms with Crippen LogP contribution in [-0.2, 0) is 20.7 Å².